The molecular formula is C13H12INO2. The van der Waals surface area contributed by atoms with Crippen molar-refractivity contribution in [3.63, 3.8) is 0 Å². The van der Waals surface area contributed by atoms with Crippen LogP contribution >= 0.6 is 22.6 Å². The van der Waals surface area contributed by atoms with Gasteiger partial charge in [0.15, 0.2) is 0 Å². The lowest BCUT2D eigenvalue weighted by molar-refractivity contribution is 0.276. The Morgan fingerprint density at radius 1 is 1.29 bits per heavy atom. The fraction of sp³-hybridized carbons (Fsp3) is 0.154. The monoisotopic (exact) mass is 341 g/mol. The van der Waals surface area contributed by atoms with E-state index in [1.165, 1.54) is 0 Å². The topological polar surface area (TPSA) is 42.4 Å². The van der Waals surface area contributed by atoms with Gasteiger partial charge in [-0.2, -0.15) is 0 Å². The minimum atomic E-state index is -0.0764. The third-order valence-corrected chi connectivity index (χ3v) is 3.01. The predicted molar refractivity (Wildman–Crippen MR) is 74.1 cm³/mol. The van der Waals surface area contributed by atoms with E-state index in [9.17, 15) is 5.11 Å². The molecule has 4 heteroatoms. The highest BCUT2D eigenvalue weighted by Gasteiger charge is 2.05. The van der Waals surface area contributed by atoms with Gasteiger partial charge in [-0.3, -0.25) is 4.98 Å². The minimum Gasteiger partial charge on any atom is -0.457 e. The molecule has 88 valence electrons. The van der Waals surface area contributed by atoms with Crippen LogP contribution in [0.25, 0.3) is 0 Å². The molecule has 0 bridgehead atoms. The molecule has 0 spiro atoms. The summed E-state index contributed by atoms with van der Waals surface area (Å²) in [6, 6.07) is 9.58. The van der Waals surface area contributed by atoms with Crippen molar-refractivity contribution in [2.45, 2.75) is 13.5 Å². The SMILES string of the molecule is Cc1cc(Oc2ccc(I)cc2)c(CO)cn1. The van der Waals surface area contributed by atoms with Crippen molar-refractivity contribution in [3.05, 3.63) is 51.4 Å². The van der Waals surface area contributed by atoms with Crippen molar-refractivity contribution >= 4 is 22.6 Å². The molecule has 0 atom stereocenters. The minimum absolute atomic E-state index is 0.0764. The van der Waals surface area contributed by atoms with E-state index < -0.39 is 0 Å². The molecule has 2 aromatic rings. The van der Waals surface area contributed by atoms with Gasteiger partial charge in [-0.1, -0.05) is 0 Å². The number of pyridine rings is 1. The molecule has 0 saturated carbocycles. The Morgan fingerprint density at radius 3 is 2.65 bits per heavy atom. The molecule has 0 unspecified atom stereocenters. The largest absolute Gasteiger partial charge is 0.457 e. The lowest BCUT2D eigenvalue weighted by atomic mass is 10.2. The van der Waals surface area contributed by atoms with Crippen molar-refractivity contribution < 1.29 is 9.84 Å². The van der Waals surface area contributed by atoms with E-state index in [2.05, 4.69) is 27.6 Å². The standard InChI is InChI=1S/C13H12INO2/c1-9-6-13(10(8-16)7-15-9)17-12-4-2-11(14)3-5-12/h2-7,16H,8H2,1H3. The van der Waals surface area contributed by atoms with Crippen LogP contribution in [0.1, 0.15) is 11.3 Å². The molecule has 1 aromatic carbocycles. The van der Waals surface area contributed by atoms with Gasteiger partial charge in [0, 0.05) is 27.1 Å². The number of ether oxygens (including phenoxy) is 1. The highest BCUT2D eigenvalue weighted by atomic mass is 127. The van der Waals surface area contributed by atoms with Crippen LogP contribution in [-0.4, -0.2) is 10.1 Å². The number of benzene rings is 1. The molecule has 0 aliphatic carbocycles. The number of hydrogen-bond acceptors (Lipinski definition) is 3. The summed E-state index contributed by atoms with van der Waals surface area (Å²) in [5, 5.41) is 9.21. The lowest BCUT2D eigenvalue weighted by Gasteiger charge is -2.10. The number of hydrogen-bond donors (Lipinski definition) is 1. The molecule has 0 aliphatic heterocycles. The molecular weight excluding hydrogens is 329 g/mol. The van der Waals surface area contributed by atoms with Gasteiger partial charge in [0.05, 0.1) is 6.61 Å². The number of aromatic nitrogens is 1. The Balaban J connectivity index is 2.28. The fourth-order valence-corrected chi connectivity index (χ4v) is 1.77. The van der Waals surface area contributed by atoms with Crippen LogP contribution in [0, 0.1) is 10.5 Å². The van der Waals surface area contributed by atoms with Gasteiger partial charge in [0.25, 0.3) is 0 Å². The average molecular weight is 341 g/mol. The summed E-state index contributed by atoms with van der Waals surface area (Å²) in [6.07, 6.45) is 1.64. The number of rotatable bonds is 3. The second-order valence-electron chi connectivity index (χ2n) is 3.65. The average Bonchev–Trinajstić information content (AvgIpc) is 2.32. The summed E-state index contributed by atoms with van der Waals surface area (Å²) in [7, 11) is 0. The Kier molecular flexibility index (Phi) is 3.96. The first kappa shape index (κ1) is 12.3. The number of halogens is 1. The van der Waals surface area contributed by atoms with Gasteiger partial charge in [-0.05, 0) is 53.8 Å². The van der Waals surface area contributed by atoms with E-state index in [4.69, 9.17) is 4.74 Å². The van der Waals surface area contributed by atoms with Gasteiger partial charge < -0.3 is 9.84 Å². The van der Waals surface area contributed by atoms with E-state index in [1.54, 1.807) is 6.20 Å². The van der Waals surface area contributed by atoms with Gasteiger partial charge >= 0.3 is 0 Å². The second kappa shape index (κ2) is 5.46. The highest BCUT2D eigenvalue weighted by Crippen LogP contribution is 2.26. The maximum atomic E-state index is 9.21. The van der Waals surface area contributed by atoms with Crippen molar-refractivity contribution in [2.24, 2.45) is 0 Å². The number of aliphatic hydroxyl groups excluding tert-OH is 1. The summed E-state index contributed by atoms with van der Waals surface area (Å²) >= 11 is 2.24. The van der Waals surface area contributed by atoms with Gasteiger partial charge in [0.2, 0.25) is 0 Å². The summed E-state index contributed by atoms with van der Waals surface area (Å²) < 4.78 is 6.89. The van der Waals surface area contributed by atoms with Crippen LogP contribution in [0.5, 0.6) is 11.5 Å². The van der Waals surface area contributed by atoms with E-state index in [0.29, 0.717) is 11.3 Å². The summed E-state index contributed by atoms with van der Waals surface area (Å²) in [4.78, 5) is 4.13. The first-order chi connectivity index (χ1) is 8.19. The maximum absolute atomic E-state index is 9.21. The number of nitrogens with zero attached hydrogens (tertiary/aromatic N) is 1. The summed E-state index contributed by atoms with van der Waals surface area (Å²) in [5.41, 5.74) is 1.55. The zero-order chi connectivity index (χ0) is 12.3. The second-order valence-corrected chi connectivity index (χ2v) is 4.89. The Hall–Kier alpha value is -1.14. The fourth-order valence-electron chi connectivity index (χ4n) is 1.41. The summed E-state index contributed by atoms with van der Waals surface area (Å²) in [6.45, 7) is 1.81. The van der Waals surface area contributed by atoms with Crippen LogP contribution in [-0.2, 0) is 6.61 Å². The van der Waals surface area contributed by atoms with Gasteiger partial charge in [0.1, 0.15) is 11.5 Å². The van der Waals surface area contributed by atoms with Crippen LogP contribution in [0.4, 0.5) is 0 Å². The van der Waals surface area contributed by atoms with Crippen LogP contribution in [0.2, 0.25) is 0 Å². The quantitative estimate of drug-likeness (QED) is 0.872. The predicted octanol–water partition coefficient (Wildman–Crippen LogP) is 3.28. The Bertz CT molecular complexity index is 511. The highest BCUT2D eigenvalue weighted by molar-refractivity contribution is 14.1. The maximum Gasteiger partial charge on any atom is 0.136 e. The molecule has 1 aromatic heterocycles. The Morgan fingerprint density at radius 2 is 2.00 bits per heavy atom. The lowest BCUT2D eigenvalue weighted by Crippen LogP contribution is -1.94. The number of aryl methyl sites for hydroxylation is 1. The van der Waals surface area contributed by atoms with Crippen molar-refractivity contribution in [3.8, 4) is 11.5 Å². The first-order valence-electron chi connectivity index (χ1n) is 5.19. The molecule has 0 amide bonds. The van der Waals surface area contributed by atoms with E-state index in [1.807, 2.05) is 37.3 Å². The molecule has 3 nitrogen and oxygen atoms in total. The first-order valence-corrected chi connectivity index (χ1v) is 6.26. The van der Waals surface area contributed by atoms with E-state index in [0.717, 1.165) is 15.0 Å². The normalized spacial score (nSPS) is 10.3. The molecule has 0 saturated heterocycles. The molecule has 0 aliphatic rings. The van der Waals surface area contributed by atoms with E-state index in [-0.39, 0.29) is 6.61 Å². The number of aliphatic hydroxyl groups is 1. The third kappa shape index (κ3) is 3.17. The smallest absolute Gasteiger partial charge is 0.136 e. The van der Waals surface area contributed by atoms with Crippen molar-refractivity contribution in [2.75, 3.05) is 0 Å². The zero-order valence-corrected chi connectivity index (χ0v) is 11.5. The van der Waals surface area contributed by atoms with Crippen LogP contribution in [0.15, 0.2) is 36.5 Å². The molecule has 17 heavy (non-hydrogen) atoms. The van der Waals surface area contributed by atoms with Crippen molar-refractivity contribution in [1.82, 2.24) is 4.98 Å². The zero-order valence-electron chi connectivity index (χ0n) is 9.35. The third-order valence-electron chi connectivity index (χ3n) is 2.29. The molecule has 1 heterocycles. The van der Waals surface area contributed by atoms with Crippen molar-refractivity contribution in [1.29, 1.82) is 0 Å². The summed E-state index contributed by atoms with van der Waals surface area (Å²) in [5.74, 6) is 1.41. The van der Waals surface area contributed by atoms with E-state index >= 15 is 0 Å². The van der Waals surface area contributed by atoms with Crippen LogP contribution in [0.3, 0.4) is 0 Å². The van der Waals surface area contributed by atoms with Gasteiger partial charge in [-0.25, -0.2) is 0 Å². The molecule has 2 rings (SSSR count). The Labute approximate surface area is 114 Å². The molecule has 0 radical (unpaired) electrons. The van der Waals surface area contributed by atoms with Crippen LogP contribution < -0.4 is 4.74 Å². The molecule has 1 N–H and O–H groups in total. The van der Waals surface area contributed by atoms with Gasteiger partial charge in [-0.15, -0.1) is 0 Å². The molecule has 0 fully saturated rings.